The third-order valence-corrected chi connectivity index (χ3v) is 4.91. The van der Waals surface area contributed by atoms with Crippen LogP contribution in [0.2, 0.25) is 0 Å². The Morgan fingerprint density at radius 3 is 2.19 bits per heavy atom. The van der Waals surface area contributed by atoms with Gasteiger partial charge in [-0.1, -0.05) is 60.4 Å². The number of rotatable bonds is 4. The first-order valence-corrected chi connectivity index (χ1v) is 9.02. The molecule has 124 valence electrons. The van der Waals surface area contributed by atoms with Crippen molar-refractivity contribution in [3.63, 3.8) is 0 Å². The summed E-state index contributed by atoms with van der Waals surface area (Å²) < 4.78 is 30.1. The summed E-state index contributed by atoms with van der Waals surface area (Å²) in [5.74, 6) is 0.829. The minimum atomic E-state index is -3.93. The second-order valence-electron chi connectivity index (χ2n) is 5.41. The normalized spacial score (nSPS) is 11.1. The first-order valence-electron chi connectivity index (χ1n) is 7.61. The van der Waals surface area contributed by atoms with Crippen LogP contribution >= 0.6 is 0 Å². The van der Waals surface area contributed by atoms with E-state index in [1.165, 1.54) is 12.1 Å². The number of benzene rings is 3. The Morgan fingerprint density at radius 1 is 0.846 bits per heavy atom. The Morgan fingerprint density at radius 2 is 1.50 bits per heavy atom. The van der Waals surface area contributed by atoms with Gasteiger partial charge in [-0.25, -0.2) is 0 Å². The Bertz CT molecular complexity index is 1130. The summed E-state index contributed by atoms with van der Waals surface area (Å²) in [5, 5.41) is 0. The zero-order valence-corrected chi connectivity index (χ0v) is 14.8. The van der Waals surface area contributed by atoms with Gasteiger partial charge in [-0.2, -0.15) is 8.42 Å². The van der Waals surface area contributed by atoms with Gasteiger partial charge in [0.05, 0.1) is 0 Å². The van der Waals surface area contributed by atoms with E-state index in [0.29, 0.717) is 16.9 Å². The van der Waals surface area contributed by atoms with Crippen LogP contribution in [0.3, 0.4) is 0 Å². The van der Waals surface area contributed by atoms with Gasteiger partial charge in [-0.15, -0.1) is 0 Å². The number of fused-ring (bicyclic) bond motifs is 1. The molecule has 0 aliphatic rings. The molecule has 1 aromatic heterocycles. The van der Waals surface area contributed by atoms with Crippen molar-refractivity contribution in [1.29, 1.82) is 0 Å². The van der Waals surface area contributed by atoms with E-state index >= 15 is 0 Å². The summed E-state index contributed by atoms with van der Waals surface area (Å²) in [7, 11) is -3.93. The molecule has 0 fully saturated rings. The molecule has 0 amide bonds. The average molecular weight is 356 g/mol. The number of aromatic nitrogens is 2. The van der Waals surface area contributed by atoms with Crippen molar-refractivity contribution in [3.05, 3.63) is 78.9 Å². The molecule has 7 heteroatoms. The van der Waals surface area contributed by atoms with Crippen LogP contribution in [0.25, 0.3) is 22.4 Å². The molecule has 0 spiro atoms. The van der Waals surface area contributed by atoms with Crippen molar-refractivity contribution in [2.24, 2.45) is 0 Å². The monoisotopic (exact) mass is 356 g/mol. The van der Waals surface area contributed by atoms with Gasteiger partial charge in [0.1, 0.15) is 10.6 Å². The number of nitrogens with zero attached hydrogens (tertiary/aromatic N) is 2. The van der Waals surface area contributed by atoms with Crippen molar-refractivity contribution >= 4 is 21.2 Å². The third kappa shape index (κ3) is 3.68. The molecule has 1 heterocycles. The van der Waals surface area contributed by atoms with Crippen LogP contribution in [-0.4, -0.2) is 13.4 Å². The van der Waals surface area contributed by atoms with Crippen molar-refractivity contribution in [1.82, 2.24) is 9.97 Å². The molecule has 0 unspecified atom stereocenters. The summed E-state index contributed by atoms with van der Waals surface area (Å²) in [6.07, 6.45) is 0. The molecule has 0 bridgehead atoms. The van der Waals surface area contributed by atoms with Gasteiger partial charge in [-0.3, -0.25) is 0 Å². The SMILES string of the molecule is O=S(=O)(Oc1ccccc1)c1ccc2nc(-c3ccccc3)[n-]c2c1.[Li+]. The molecule has 4 aromatic rings. The van der Waals surface area contributed by atoms with Crippen LogP contribution in [0.1, 0.15) is 0 Å². The number of para-hydroxylation sites is 1. The average Bonchev–Trinajstić information content (AvgIpc) is 3.06. The molecule has 0 aliphatic heterocycles. The van der Waals surface area contributed by atoms with E-state index in [4.69, 9.17) is 4.18 Å². The second kappa shape index (κ2) is 7.38. The number of hydrogen-bond acceptors (Lipinski definition) is 4. The van der Waals surface area contributed by atoms with Gasteiger partial charge in [-0.05, 0) is 40.9 Å². The molecule has 0 saturated carbocycles. The Hall–Kier alpha value is -2.52. The maximum Gasteiger partial charge on any atom is 1.00 e. The molecule has 4 rings (SSSR count). The van der Waals surface area contributed by atoms with Crippen molar-refractivity contribution in [3.8, 4) is 17.1 Å². The summed E-state index contributed by atoms with van der Waals surface area (Å²) in [4.78, 5) is 8.92. The van der Waals surface area contributed by atoms with E-state index in [9.17, 15) is 8.42 Å². The maximum atomic E-state index is 12.5. The molecule has 0 saturated heterocycles. The van der Waals surface area contributed by atoms with Gasteiger partial charge < -0.3 is 14.2 Å². The summed E-state index contributed by atoms with van der Waals surface area (Å²) in [5.41, 5.74) is 2.03. The molecule has 26 heavy (non-hydrogen) atoms. The van der Waals surface area contributed by atoms with E-state index in [-0.39, 0.29) is 29.5 Å². The predicted octanol–water partition coefficient (Wildman–Crippen LogP) is 0.631. The van der Waals surface area contributed by atoms with E-state index in [1.54, 1.807) is 36.4 Å². The quantitative estimate of drug-likeness (QED) is 0.396. The Balaban J connectivity index is 0.00000196. The van der Waals surface area contributed by atoms with E-state index in [0.717, 1.165) is 5.56 Å². The first-order chi connectivity index (χ1) is 12.1. The van der Waals surface area contributed by atoms with Gasteiger partial charge >= 0.3 is 29.0 Å². The van der Waals surface area contributed by atoms with E-state index in [2.05, 4.69) is 9.97 Å². The zero-order chi connectivity index (χ0) is 17.3. The smallest absolute Gasteiger partial charge is 0.435 e. The maximum absolute atomic E-state index is 12.5. The minimum Gasteiger partial charge on any atom is -0.435 e. The van der Waals surface area contributed by atoms with Gasteiger partial charge in [0.2, 0.25) is 0 Å². The van der Waals surface area contributed by atoms with Gasteiger partial charge in [0.15, 0.2) is 0 Å². The predicted molar refractivity (Wildman–Crippen MR) is 94.8 cm³/mol. The summed E-state index contributed by atoms with van der Waals surface area (Å²) in [6.45, 7) is 0. The summed E-state index contributed by atoms with van der Waals surface area (Å²) in [6, 6.07) is 22.5. The molecular weight excluding hydrogens is 343 g/mol. The fourth-order valence-corrected chi connectivity index (χ4v) is 3.41. The fourth-order valence-electron chi connectivity index (χ4n) is 2.46. The van der Waals surface area contributed by atoms with Crippen LogP contribution in [-0.2, 0) is 10.1 Å². The van der Waals surface area contributed by atoms with Crippen LogP contribution < -0.4 is 28.0 Å². The molecule has 0 atom stereocenters. The Labute approximate surface area is 163 Å². The van der Waals surface area contributed by atoms with Crippen LogP contribution in [0.15, 0.2) is 83.8 Å². The van der Waals surface area contributed by atoms with E-state index < -0.39 is 10.1 Å². The zero-order valence-electron chi connectivity index (χ0n) is 14.0. The molecule has 3 aromatic carbocycles. The van der Waals surface area contributed by atoms with Crippen molar-refractivity contribution < 1.29 is 31.5 Å². The Kier molecular flexibility index (Phi) is 5.19. The first kappa shape index (κ1) is 18.3. The number of hydrogen-bond donors (Lipinski definition) is 0. The molecular formula is C19H13LiN2O3S. The fraction of sp³-hybridized carbons (Fsp3) is 0. The largest absolute Gasteiger partial charge is 1.00 e. The van der Waals surface area contributed by atoms with Crippen LogP contribution in [0.4, 0.5) is 0 Å². The topological polar surface area (TPSA) is 70.4 Å². The standard InChI is InChI=1S/C19H13N2O3S.Li/c22-25(23,24-15-9-5-2-6-10-15)16-11-12-17-18(13-16)21-19(20-17)14-7-3-1-4-8-14;/h1-13H;/q-1;+1. The third-order valence-electron chi connectivity index (χ3n) is 3.67. The molecule has 5 nitrogen and oxygen atoms in total. The van der Waals surface area contributed by atoms with E-state index in [1.807, 2.05) is 30.3 Å². The second-order valence-corrected chi connectivity index (χ2v) is 6.96. The molecule has 0 radical (unpaired) electrons. The minimum absolute atomic E-state index is 0. The molecule has 0 aliphatic carbocycles. The van der Waals surface area contributed by atoms with Crippen LogP contribution in [0, 0.1) is 0 Å². The van der Waals surface area contributed by atoms with Crippen molar-refractivity contribution in [2.75, 3.05) is 0 Å². The van der Waals surface area contributed by atoms with Crippen LogP contribution in [0.5, 0.6) is 5.75 Å². The molecule has 0 N–H and O–H groups in total. The van der Waals surface area contributed by atoms with Gasteiger partial charge in [0, 0.05) is 0 Å². The summed E-state index contributed by atoms with van der Waals surface area (Å²) >= 11 is 0. The van der Waals surface area contributed by atoms with Gasteiger partial charge in [0.25, 0.3) is 0 Å². The van der Waals surface area contributed by atoms with Crippen molar-refractivity contribution in [2.45, 2.75) is 4.90 Å². The number of imidazole rings is 1.